The Kier molecular flexibility index (Phi) is 5.23. The Morgan fingerprint density at radius 1 is 1.13 bits per heavy atom. The highest BCUT2D eigenvalue weighted by Gasteiger charge is 2.10. The summed E-state index contributed by atoms with van der Waals surface area (Å²) in [7, 11) is 0. The van der Waals surface area contributed by atoms with E-state index in [0.29, 0.717) is 5.88 Å². The molecule has 0 radical (unpaired) electrons. The third kappa shape index (κ3) is 3.26. The summed E-state index contributed by atoms with van der Waals surface area (Å²) >= 11 is 5.73. The second kappa shape index (κ2) is 6.21. The topological polar surface area (TPSA) is 12.5 Å². The largest absolute Gasteiger partial charge is 0.378 e. The number of hydrogen-bond acceptors (Lipinski definition) is 2. The van der Waals surface area contributed by atoms with Gasteiger partial charge in [-0.1, -0.05) is 12.1 Å². The number of benzene rings is 1. The highest BCUT2D eigenvalue weighted by Crippen LogP contribution is 2.17. The van der Waals surface area contributed by atoms with Gasteiger partial charge in [0.05, 0.1) is 13.2 Å². The van der Waals surface area contributed by atoms with Crippen molar-refractivity contribution in [3.63, 3.8) is 0 Å². The SMILES string of the molecule is Cl.ClCc1ccc(N2CCOCC2)cc1. The Labute approximate surface area is 102 Å². The van der Waals surface area contributed by atoms with E-state index in [1.54, 1.807) is 0 Å². The van der Waals surface area contributed by atoms with Gasteiger partial charge >= 0.3 is 0 Å². The Morgan fingerprint density at radius 2 is 1.73 bits per heavy atom. The van der Waals surface area contributed by atoms with Crippen LogP contribution < -0.4 is 4.90 Å². The molecule has 0 unspecified atom stereocenters. The fraction of sp³-hybridized carbons (Fsp3) is 0.455. The zero-order valence-electron chi connectivity index (χ0n) is 8.49. The van der Waals surface area contributed by atoms with Crippen molar-refractivity contribution in [3.8, 4) is 0 Å². The monoisotopic (exact) mass is 247 g/mol. The van der Waals surface area contributed by atoms with E-state index < -0.39 is 0 Å². The van der Waals surface area contributed by atoms with Crippen molar-refractivity contribution in [1.29, 1.82) is 0 Å². The van der Waals surface area contributed by atoms with Gasteiger partial charge in [0.25, 0.3) is 0 Å². The Hall–Kier alpha value is -0.440. The van der Waals surface area contributed by atoms with Crippen LogP contribution in [0.4, 0.5) is 5.69 Å². The molecule has 0 aliphatic carbocycles. The van der Waals surface area contributed by atoms with E-state index >= 15 is 0 Å². The predicted octanol–water partition coefficient (Wildman–Crippen LogP) is 2.68. The van der Waals surface area contributed by atoms with E-state index in [-0.39, 0.29) is 12.4 Å². The van der Waals surface area contributed by atoms with Crippen LogP contribution in [-0.4, -0.2) is 26.3 Å². The van der Waals surface area contributed by atoms with Crippen molar-refractivity contribution in [2.45, 2.75) is 5.88 Å². The lowest BCUT2D eigenvalue weighted by Crippen LogP contribution is -2.36. The summed E-state index contributed by atoms with van der Waals surface area (Å²) in [5.41, 5.74) is 2.44. The molecule has 1 aliphatic rings. The molecule has 0 amide bonds. The van der Waals surface area contributed by atoms with Crippen LogP contribution in [0.3, 0.4) is 0 Å². The van der Waals surface area contributed by atoms with Crippen LogP contribution in [-0.2, 0) is 10.6 Å². The molecule has 0 N–H and O–H groups in total. The molecule has 1 saturated heterocycles. The number of alkyl halides is 1. The minimum absolute atomic E-state index is 0. The van der Waals surface area contributed by atoms with E-state index in [2.05, 4.69) is 29.2 Å². The molecule has 0 aromatic heterocycles. The summed E-state index contributed by atoms with van der Waals surface area (Å²) < 4.78 is 5.30. The minimum Gasteiger partial charge on any atom is -0.378 e. The molecule has 0 atom stereocenters. The first kappa shape index (κ1) is 12.6. The van der Waals surface area contributed by atoms with Gasteiger partial charge in [-0.2, -0.15) is 0 Å². The van der Waals surface area contributed by atoms with Crippen molar-refractivity contribution in [1.82, 2.24) is 0 Å². The third-order valence-corrected chi connectivity index (χ3v) is 2.78. The summed E-state index contributed by atoms with van der Waals surface area (Å²) in [4.78, 5) is 2.33. The van der Waals surface area contributed by atoms with E-state index in [1.807, 2.05) is 0 Å². The van der Waals surface area contributed by atoms with E-state index in [4.69, 9.17) is 16.3 Å². The average Bonchev–Trinajstić information content (AvgIpc) is 2.30. The maximum atomic E-state index is 5.73. The summed E-state index contributed by atoms with van der Waals surface area (Å²) in [6, 6.07) is 8.42. The van der Waals surface area contributed by atoms with Crippen molar-refractivity contribution in [2.75, 3.05) is 31.2 Å². The molecule has 15 heavy (non-hydrogen) atoms. The fourth-order valence-corrected chi connectivity index (χ4v) is 1.80. The predicted molar refractivity (Wildman–Crippen MR) is 66.3 cm³/mol. The van der Waals surface area contributed by atoms with Crippen molar-refractivity contribution in [3.05, 3.63) is 29.8 Å². The lowest BCUT2D eigenvalue weighted by Gasteiger charge is -2.28. The van der Waals surface area contributed by atoms with Crippen LogP contribution in [0.2, 0.25) is 0 Å². The van der Waals surface area contributed by atoms with Gasteiger partial charge in [0.1, 0.15) is 0 Å². The van der Waals surface area contributed by atoms with Crippen molar-refractivity contribution in [2.24, 2.45) is 0 Å². The molecule has 1 fully saturated rings. The Morgan fingerprint density at radius 3 is 2.27 bits per heavy atom. The summed E-state index contributed by atoms with van der Waals surface area (Å²) in [5, 5.41) is 0. The second-order valence-electron chi connectivity index (χ2n) is 3.40. The maximum Gasteiger partial charge on any atom is 0.0642 e. The standard InChI is InChI=1S/C11H14ClNO.ClH/c12-9-10-1-3-11(4-2-10)13-5-7-14-8-6-13;/h1-4H,5-9H2;1H. The highest BCUT2D eigenvalue weighted by atomic mass is 35.5. The maximum absolute atomic E-state index is 5.73. The zero-order chi connectivity index (χ0) is 9.80. The number of nitrogens with zero attached hydrogens (tertiary/aromatic N) is 1. The Bertz CT molecular complexity index is 283. The first-order chi connectivity index (χ1) is 6.90. The van der Waals surface area contributed by atoms with Gasteiger partial charge in [0, 0.05) is 24.7 Å². The molecule has 1 aliphatic heterocycles. The number of ether oxygens (including phenoxy) is 1. The molecule has 4 heteroatoms. The van der Waals surface area contributed by atoms with Crippen LogP contribution in [0.1, 0.15) is 5.56 Å². The number of halogens is 2. The number of anilines is 1. The lowest BCUT2D eigenvalue weighted by molar-refractivity contribution is 0.122. The molecule has 2 rings (SSSR count). The van der Waals surface area contributed by atoms with Gasteiger partial charge in [-0.05, 0) is 17.7 Å². The number of morpholine rings is 1. The summed E-state index contributed by atoms with van der Waals surface area (Å²) in [5.74, 6) is 0.587. The molecule has 2 nitrogen and oxygen atoms in total. The van der Waals surface area contributed by atoms with Gasteiger partial charge in [-0.15, -0.1) is 24.0 Å². The van der Waals surface area contributed by atoms with Crippen LogP contribution >= 0.6 is 24.0 Å². The van der Waals surface area contributed by atoms with Crippen LogP contribution in [0, 0.1) is 0 Å². The van der Waals surface area contributed by atoms with E-state index in [9.17, 15) is 0 Å². The molecular weight excluding hydrogens is 233 g/mol. The molecule has 1 heterocycles. The first-order valence-electron chi connectivity index (χ1n) is 4.88. The zero-order valence-corrected chi connectivity index (χ0v) is 10.1. The van der Waals surface area contributed by atoms with Gasteiger partial charge in [-0.25, -0.2) is 0 Å². The molecule has 0 bridgehead atoms. The quantitative estimate of drug-likeness (QED) is 0.746. The van der Waals surface area contributed by atoms with Crippen LogP contribution in [0.5, 0.6) is 0 Å². The van der Waals surface area contributed by atoms with Crippen molar-refractivity contribution >= 4 is 29.7 Å². The van der Waals surface area contributed by atoms with Crippen LogP contribution in [0.15, 0.2) is 24.3 Å². The second-order valence-corrected chi connectivity index (χ2v) is 3.67. The highest BCUT2D eigenvalue weighted by molar-refractivity contribution is 6.17. The summed E-state index contributed by atoms with van der Waals surface area (Å²) in [6.45, 7) is 3.63. The number of hydrogen-bond donors (Lipinski definition) is 0. The van der Waals surface area contributed by atoms with E-state index in [0.717, 1.165) is 26.3 Å². The Balaban J connectivity index is 0.00000112. The van der Waals surface area contributed by atoms with E-state index in [1.165, 1.54) is 11.3 Å². The molecular formula is C11H15Cl2NO. The molecule has 0 spiro atoms. The van der Waals surface area contributed by atoms with Gasteiger partial charge in [0.2, 0.25) is 0 Å². The van der Waals surface area contributed by atoms with Gasteiger partial charge in [-0.3, -0.25) is 0 Å². The number of rotatable bonds is 2. The summed E-state index contributed by atoms with van der Waals surface area (Å²) in [6.07, 6.45) is 0. The van der Waals surface area contributed by atoms with Crippen molar-refractivity contribution < 1.29 is 4.74 Å². The van der Waals surface area contributed by atoms with Crippen LogP contribution in [0.25, 0.3) is 0 Å². The smallest absolute Gasteiger partial charge is 0.0642 e. The first-order valence-corrected chi connectivity index (χ1v) is 5.41. The molecule has 0 saturated carbocycles. The normalized spacial score (nSPS) is 15.9. The molecule has 84 valence electrons. The minimum atomic E-state index is 0. The van der Waals surface area contributed by atoms with Gasteiger partial charge < -0.3 is 9.64 Å². The van der Waals surface area contributed by atoms with Gasteiger partial charge in [0.15, 0.2) is 0 Å². The molecule has 1 aromatic carbocycles. The fourth-order valence-electron chi connectivity index (χ4n) is 1.62. The third-order valence-electron chi connectivity index (χ3n) is 2.47. The molecule has 1 aromatic rings. The average molecular weight is 248 g/mol. The lowest BCUT2D eigenvalue weighted by atomic mass is 10.2.